The van der Waals surface area contributed by atoms with Gasteiger partial charge in [0.2, 0.25) is 0 Å². The van der Waals surface area contributed by atoms with Crippen molar-refractivity contribution in [3.63, 3.8) is 0 Å². The number of aromatic carboxylic acids is 1. The van der Waals surface area contributed by atoms with E-state index in [1.165, 1.54) is 35.4 Å². The number of benzene rings is 2. The summed E-state index contributed by atoms with van der Waals surface area (Å²) in [6, 6.07) is 11.4. The van der Waals surface area contributed by atoms with Crippen molar-refractivity contribution in [2.75, 3.05) is 0 Å². The summed E-state index contributed by atoms with van der Waals surface area (Å²) in [5, 5.41) is 9.70. The predicted molar refractivity (Wildman–Crippen MR) is 81.0 cm³/mol. The number of hydrogen-bond donors (Lipinski definition) is 1. The van der Waals surface area contributed by atoms with Crippen molar-refractivity contribution in [2.24, 2.45) is 0 Å². The standard InChI is InChI=1S/C16H13ClO2S/c17-12-5-7-15(14(9-12)16(18)19)20-13-6-4-10-2-1-3-11(10)8-13/h4-9H,1-3H2,(H,18,19). The second-order valence-electron chi connectivity index (χ2n) is 4.83. The number of halogens is 1. The third-order valence-electron chi connectivity index (χ3n) is 3.47. The highest BCUT2D eigenvalue weighted by Gasteiger charge is 2.14. The molecule has 1 aliphatic rings. The molecular formula is C16H13ClO2S. The van der Waals surface area contributed by atoms with Crippen molar-refractivity contribution in [1.82, 2.24) is 0 Å². The number of aryl methyl sites for hydroxylation is 2. The van der Waals surface area contributed by atoms with E-state index in [-0.39, 0.29) is 5.56 Å². The highest BCUT2D eigenvalue weighted by Crippen LogP contribution is 2.34. The second kappa shape index (κ2) is 5.51. The van der Waals surface area contributed by atoms with Gasteiger partial charge < -0.3 is 5.11 Å². The Kier molecular flexibility index (Phi) is 3.72. The molecule has 0 unspecified atom stereocenters. The van der Waals surface area contributed by atoms with E-state index in [1.807, 2.05) is 0 Å². The third kappa shape index (κ3) is 2.69. The molecule has 2 nitrogen and oxygen atoms in total. The molecule has 0 aromatic heterocycles. The number of rotatable bonds is 3. The fraction of sp³-hybridized carbons (Fsp3) is 0.188. The molecule has 2 aromatic carbocycles. The summed E-state index contributed by atoms with van der Waals surface area (Å²) in [5.41, 5.74) is 3.06. The van der Waals surface area contributed by atoms with Gasteiger partial charge in [-0.2, -0.15) is 0 Å². The van der Waals surface area contributed by atoms with E-state index >= 15 is 0 Å². The van der Waals surface area contributed by atoms with Gasteiger partial charge in [-0.15, -0.1) is 0 Å². The molecule has 0 saturated heterocycles. The number of carboxylic acids is 1. The van der Waals surface area contributed by atoms with E-state index in [0.717, 1.165) is 22.6 Å². The normalized spacial score (nSPS) is 13.2. The lowest BCUT2D eigenvalue weighted by molar-refractivity contribution is 0.0693. The molecule has 3 rings (SSSR count). The zero-order valence-electron chi connectivity index (χ0n) is 10.7. The van der Waals surface area contributed by atoms with Gasteiger partial charge in [0.15, 0.2) is 0 Å². The van der Waals surface area contributed by atoms with Gasteiger partial charge in [-0.1, -0.05) is 29.4 Å². The van der Waals surface area contributed by atoms with E-state index < -0.39 is 5.97 Å². The zero-order valence-corrected chi connectivity index (χ0v) is 12.3. The summed E-state index contributed by atoms with van der Waals surface area (Å²) in [6.45, 7) is 0. The maximum Gasteiger partial charge on any atom is 0.336 e. The summed E-state index contributed by atoms with van der Waals surface area (Å²) in [5.74, 6) is -0.948. The largest absolute Gasteiger partial charge is 0.478 e. The Balaban J connectivity index is 1.93. The molecule has 4 heteroatoms. The average molecular weight is 305 g/mol. The lowest BCUT2D eigenvalue weighted by Gasteiger charge is -2.08. The Hall–Kier alpha value is -1.45. The van der Waals surface area contributed by atoms with Crippen molar-refractivity contribution in [1.29, 1.82) is 0 Å². The van der Waals surface area contributed by atoms with Gasteiger partial charge in [0, 0.05) is 14.8 Å². The summed E-state index contributed by atoms with van der Waals surface area (Å²) in [7, 11) is 0. The van der Waals surface area contributed by atoms with Crippen LogP contribution in [0.15, 0.2) is 46.2 Å². The molecule has 0 bridgehead atoms. The minimum absolute atomic E-state index is 0.253. The summed E-state index contributed by atoms with van der Waals surface area (Å²) >= 11 is 7.35. The van der Waals surface area contributed by atoms with Crippen LogP contribution in [-0.2, 0) is 12.8 Å². The Morgan fingerprint density at radius 2 is 1.90 bits per heavy atom. The maximum absolute atomic E-state index is 11.3. The Bertz CT molecular complexity index is 682. The minimum Gasteiger partial charge on any atom is -0.478 e. The summed E-state index contributed by atoms with van der Waals surface area (Å²) in [4.78, 5) is 13.1. The highest BCUT2D eigenvalue weighted by atomic mass is 35.5. The van der Waals surface area contributed by atoms with E-state index in [0.29, 0.717) is 5.02 Å². The molecule has 0 spiro atoms. The number of carboxylic acid groups (broad SMARTS) is 1. The van der Waals surface area contributed by atoms with Crippen LogP contribution in [0.3, 0.4) is 0 Å². The second-order valence-corrected chi connectivity index (χ2v) is 6.38. The molecule has 0 saturated carbocycles. The van der Waals surface area contributed by atoms with Crippen LogP contribution in [0.25, 0.3) is 0 Å². The summed E-state index contributed by atoms with van der Waals surface area (Å²) < 4.78 is 0. The fourth-order valence-corrected chi connectivity index (χ4v) is 3.65. The smallest absolute Gasteiger partial charge is 0.336 e. The summed E-state index contributed by atoms with van der Waals surface area (Å²) in [6.07, 6.45) is 3.49. The monoisotopic (exact) mass is 304 g/mol. The quantitative estimate of drug-likeness (QED) is 0.894. The van der Waals surface area contributed by atoms with Gasteiger partial charge in [0.1, 0.15) is 0 Å². The van der Waals surface area contributed by atoms with Gasteiger partial charge in [0.05, 0.1) is 5.56 Å². The van der Waals surface area contributed by atoms with Crippen molar-refractivity contribution in [3.05, 3.63) is 58.1 Å². The first-order chi connectivity index (χ1) is 9.63. The number of fused-ring (bicyclic) bond motifs is 1. The minimum atomic E-state index is -0.948. The Labute approximate surface area is 126 Å². The molecule has 0 atom stereocenters. The first-order valence-corrected chi connectivity index (χ1v) is 7.65. The van der Waals surface area contributed by atoms with Crippen molar-refractivity contribution in [3.8, 4) is 0 Å². The molecule has 0 amide bonds. The SMILES string of the molecule is O=C(O)c1cc(Cl)ccc1Sc1ccc2c(c1)CCC2. The molecule has 20 heavy (non-hydrogen) atoms. The highest BCUT2D eigenvalue weighted by molar-refractivity contribution is 7.99. The van der Waals surface area contributed by atoms with Crippen molar-refractivity contribution in [2.45, 2.75) is 29.1 Å². The Morgan fingerprint density at radius 1 is 1.10 bits per heavy atom. The molecule has 102 valence electrons. The van der Waals surface area contributed by atoms with Crippen LogP contribution in [-0.4, -0.2) is 11.1 Å². The van der Waals surface area contributed by atoms with Crippen LogP contribution in [0.2, 0.25) is 5.02 Å². The predicted octanol–water partition coefficient (Wildman–Crippen LogP) is 4.68. The van der Waals surface area contributed by atoms with E-state index in [1.54, 1.807) is 12.1 Å². The molecule has 0 heterocycles. The molecule has 0 fully saturated rings. The molecule has 0 radical (unpaired) electrons. The van der Waals surface area contributed by atoms with Crippen LogP contribution in [0.4, 0.5) is 0 Å². The van der Waals surface area contributed by atoms with Crippen LogP contribution in [0, 0.1) is 0 Å². The zero-order chi connectivity index (χ0) is 14.1. The fourth-order valence-electron chi connectivity index (χ4n) is 2.50. The van der Waals surface area contributed by atoms with Crippen LogP contribution >= 0.6 is 23.4 Å². The van der Waals surface area contributed by atoms with E-state index in [4.69, 9.17) is 11.6 Å². The van der Waals surface area contributed by atoms with Crippen molar-refractivity contribution < 1.29 is 9.90 Å². The molecular weight excluding hydrogens is 292 g/mol. The molecule has 2 aromatic rings. The number of carbonyl (C=O) groups is 1. The molecule has 1 aliphatic carbocycles. The van der Waals surface area contributed by atoms with Gasteiger partial charge in [-0.3, -0.25) is 0 Å². The van der Waals surface area contributed by atoms with Gasteiger partial charge in [-0.25, -0.2) is 4.79 Å². The maximum atomic E-state index is 11.3. The van der Waals surface area contributed by atoms with Crippen LogP contribution < -0.4 is 0 Å². The van der Waals surface area contributed by atoms with Gasteiger partial charge in [-0.05, 0) is 60.7 Å². The molecule has 1 N–H and O–H groups in total. The topological polar surface area (TPSA) is 37.3 Å². The average Bonchev–Trinajstić information content (AvgIpc) is 2.88. The first-order valence-electron chi connectivity index (χ1n) is 6.46. The van der Waals surface area contributed by atoms with Crippen molar-refractivity contribution >= 4 is 29.3 Å². The number of hydrogen-bond acceptors (Lipinski definition) is 2. The Morgan fingerprint density at radius 3 is 2.70 bits per heavy atom. The molecule has 0 aliphatic heterocycles. The van der Waals surface area contributed by atoms with Gasteiger partial charge in [0.25, 0.3) is 0 Å². The van der Waals surface area contributed by atoms with Crippen LogP contribution in [0.5, 0.6) is 0 Å². The lowest BCUT2D eigenvalue weighted by Crippen LogP contribution is -1.98. The first kappa shape index (κ1) is 13.5. The van der Waals surface area contributed by atoms with Crippen LogP contribution in [0.1, 0.15) is 27.9 Å². The van der Waals surface area contributed by atoms with Gasteiger partial charge >= 0.3 is 5.97 Å². The third-order valence-corrected chi connectivity index (χ3v) is 4.77. The lowest BCUT2D eigenvalue weighted by atomic mass is 10.1. The van der Waals surface area contributed by atoms with E-state index in [9.17, 15) is 9.90 Å². The van der Waals surface area contributed by atoms with E-state index in [2.05, 4.69) is 18.2 Å².